The van der Waals surface area contributed by atoms with Crippen LogP contribution in [0.15, 0.2) is 78.9 Å². The van der Waals surface area contributed by atoms with Crippen LogP contribution >= 0.6 is 0 Å². The zero-order chi connectivity index (χ0) is 27.5. The van der Waals surface area contributed by atoms with Crippen molar-refractivity contribution in [1.29, 1.82) is 0 Å². The molecule has 3 aromatic rings. The van der Waals surface area contributed by atoms with Crippen LogP contribution in [0, 0.1) is 16.0 Å². The summed E-state index contributed by atoms with van der Waals surface area (Å²) in [5.74, 6) is -1.34. The van der Waals surface area contributed by atoms with Crippen molar-refractivity contribution < 1.29 is 19.3 Å². The summed E-state index contributed by atoms with van der Waals surface area (Å²) in [5, 5.41) is 17.5. The highest BCUT2D eigenvalue weighted by Gasteiger charge is 2.32. The fourth-order valence-electron chi connectivity index (χ4n) is 4.68. The Labute approximate surface area is 224 Å². The second-order valence-electron chi connectivity index (χ2n) is 9.31. The van der Waals surface area contributed by atoms with Crippen molar-refractivity contribution in [2.45, 2.75) is 6.42 Å². The van der Waals surface area contributed by atoms with Gasteiger partial charge in [0.2, 0.25) is 11.8 Å². The van der Waals surface area contributed by atoms with Crippen molar-refractivity contribution in [3.8, 4) is 0 Å². The molecule has 3 amide bonds. The number of hydrogen-bond acceptors (Lipinski definition) is 6. The van der Waals surface area contributed by atoms with Gasteiger partial charge in [0, 0.05) is 48.6 Å². The Morgan fingerprint density at radius 1 is 1.10 bits per heavy atom. The molecular weight excluding hydrogens is 498 g/mol. The summed E-state index contributed by atoms with van der Waals surface area (Å²) in [6, 6.07) is 21.1. The number of fused-ring (bicyclic) bond motifs is 1. The number of likely N-dealkylation sites (tertiary alicyclic amines) is 1. The fraction of sp³-hybridized carbons (Fsp3) is 0.138. The molecular formula is C29H25N5O5. The van der Waals surface area contributed by atoms with Gasteiger partial charge in [0.25, 0.3) is 11.6 Å². The first kappa shape index (κ1) is 25.4. The molecule has 1 fully saturated rings. The zero-order valence-corrected chi connectivity index (χ0v) is 20.8. The number of carbonyl (C=O) groups is 3. The van der Waals surface area contributed by atoms with Crippen molar-refractivity contribution >= 4 is 52.1 Å². The summed E-state index contributed by atoms with van der Waals surface area (Å²) < 4.78 is 0. The Hall–Kier alpha value is -5.25. The predicted molar refractivity (Wildman–Crippen MR) is 148 cm³/mol. The summed E-state index contributed by atoms with van der Waals surface area (Å²) in [5.41, 5.74) is 9.37. The number of nitro groups is 1. The molecule has 0 aliphatic carbocycles. The monoisotopic (exact) mass is 523 g/mol. The minimum atomic E-state index is -0.488. The molecule has 2 aliphatic heterocycles. The van der Waals surface area contributed by atoms with E-state index in [1.807, 2.05) is 66.7 Å². The lowest BCUT2D eigenvalue weighted by Gasteiger charge is -2.15. The minimum absolute atomic E-state index is 0.0904. The first-order chi connectivity index (χ1) is 18.8. The van der Waals surface area contributed by atoms with Gasteiger partial charge in [0.1, 0.15) is 0 Å². The third-order valence-corrected chi connectivity index (χ3v) is 6.70. The van der Waals surface area contributed by atoms with E-state index in [1.54, 1.807) is 4.90 Å². The Morgan fingerprint density at radius 3 is 2.51 bits per heavy atom. The maximum Gasteiger partial charge on any atom is 0.270 e. The minimum Gasteiger partial charge on any atom is -0.369 e. The Morgan fingerprint density at radius 2 is 1.85 bits per heavy atom. The summed E-state index contributed by atoms with van der Waals surface area (Å²) in [6.45, 7) is 0.714. The number of rotatable bonds is 8. The van der Waals surface area contributed by atoms with Crippen LogP contribution in [0.2, 0.25) is 0 Å². The third-order valence-electron chi connectivity index (χ3n) is 6.70. The lowest BCUT2D eigenvalue weighted by molar-refractivity contribution is -0.384. The Bertz CT molecular complexity index is 1530. The SMILES string of the molecule is NC(=O)C1CC(=O)N(CC=Cc2ccc(NC(=C3C(=O)Nc4ccc([N+](=O)[O-])cc43)c3ccccc3)cc2)C1. The zero-order valence-electron chi connectivity index (χ0n) is 20.8. The maximum atomic E-state index is 13.0. The van der Waals surface area contributed by atoms with Gasteiger partial charge in [-0.25, -0.2) is 0 Å². The average Bonchev–Trinajstić information content (AvgIpc) is 3.47. The molecule has 0 aromatic heterocycles. The number of nitrogens with zero attached hydrogens (tertiary/aromatic N) is 2. The van der Waals surface area contributed by atoms with Crippen LogP contribution in [0.5, 0.6) is 0 Å². The van der Waals surface area contributed by atoms with Crippen LogP contribution in [0.1, 0.15) is 23.1 Å². The van der Waals surface area contributed by atoms with Gasteiger partial charge in [-0.2, -0.15) is 0 Å². The summed E-state index contributed by atoms with van der Waals surface area (Å²) in [7, 11) is 0. The number of carbonyl (C=O) groups excluding carboxylic acids is 3. The number of hydrogen-bond donors (Lipinski definition) is 3. The van der Waals surface area contributed by atoms with Crippen LogP contribution < -0.4 is 16.4 Å². The third kappa shape index (κ3) is 5.40. The van der Waals surface area contributed by atoms with Gasteiger partial charge in [-0.15, -0.1) is 0 Å². The smallest absolute Gasteiger partial charge is 0.270 e. The van der Waals surface area contributed by atoms with Gasteiger partial charge in [-0.1, -0.05) is 54.6 Å². The lowest BCUT2D eigenvalue weighted by Crippen LogP contribution is -2.28. The highest BCUT2D eigenvalue weighted by molar-refractivity contribution is 6.37. The highest BCUT2D eigenvalue weighted by atomic mass is 16.6. The fourth-order valence-corrected chi connectivity index (χ4v) is 4.68. The van der Waals surface area contributed by atoms with E-state index in [2.05, 4.69) is 10.6 Å². The molecule has 10 heteroatoms. The van der Waals surface area contributed by atoms with Crippen molar-refractivity contribution in [2.24, 2.45) is 11.7 Å². The van der Waals surface area contributed by atoms with E-state index < -0.39 is 16.7 Å². The molecule has 0 spiro atoms. The van der Waals surface area contributed by atoms with E-state index in [1.165, 1.54) is 18.2 Å². The molecule has 39 heavy (non-hydrogen) atoms. The molecule has 1 saturated heterocycles. The van der Waals surface area contributed by atoms with E-state index >= 15 is 0 Å². The number of nitrogens with one attached hydrogen (secondary N) is 2. The Balaban J connectivity index is 1.39. The van der Waals surface area contributed by atoms with Gasteiger partial charge in [-0.3, -0.25) is 24.5 Å². The predicted octanol–water partition coefficient (Wildman–Crippen LogP) is 3.87. The molecule has 0 saturated carbocycles. The molecule has 196 valence electrons. The van der Waals surface area contributed by atoms with Gasteiger partial charge in [0.15, 0.2) is 0 Å². The van der Waals surface area contributed by atoms with Gasteiger partial charge in [-0.05, 0) is 29.3 Å². The van der Waals surface area contributed by atoms with Gasteiger partial charge in [0.05, 0.1) is 22.1 Å². The van der Waals surface area contributed by atoms with Crippen LogP contribution in [0.25, 0.3) is 17.3 Å². The number of nitrogens with two attached hydrogens (primary N) is 1. The van der Waals surface area contributed by atoms with Crippen molar-refractivity contribution in [1.82, 2.24) is 4.90 Å². The number of nitro benzene ring substituents is 1. The summed E-state index contributed by atoms with van der Waals surface area (Å²) >= 11 is 0. The average molecular weight is 524 g/mol. The van der Waals surface area contributed by atoms with Gasteiger partial charge < -0.3 is 21.3 Å². The second kappa shape index (κ2) is 10.6. The number of primary amides is 1. The van der Waals surface area contributed by atoms with Crippen LogP contribution in [0.3, 0.4) is 0 Å². The van der Waals surface area contributed by atoms with Crippen LogP contribution in [-0.4, -0.2) is 40.6 Å². The normalized spacial score (nSPS) is 17.7. The summed E-state index contributed by atoms with van der Waals surface area (Å²) in [6.07, 6.45) is 3.89. The molecule has 2 aliphatic rings. The largest absolute Gasteiger partial charge is 0.369 e. The van der Waals surface area contributed by atoms with Crippen LogP contribution in [-0.2, 0) is 14.4 Å². The first-order valence-electron chi connectivity index (χ1n) is 12.3. The van der Waals surface area contributed by atoms with Crippen molar-refractivity contribution in [3.05, 3.63) is 106 Å². The second-order valence-corrected chi connectivity index (χ2v) is 9.31. The molecule has 1 atom stereocenters. The number of non-ortho nitro benzene ring substituents is 1. The maximum absolute atomic E-state index is 13.0. The Kier molecular flexibility index (Phi) is 6.92. The summed E-state index contributed by atoms with van der Waals surface area (Å²) in [4.78, 5) is 49.0. The van der Waals surface area contributed by atoms with E-state index in [-0.39, 0.29) is 23.9 Å². The highest BCUT2D eigenvalue weighted by Crippen LogP contribution is 2.39. The first-order valence-corrected chi connectivity index (χ1v) is 12.3. The molecule has 3 aromatic carbocycles. The van der Waals surface area contributed by atoms with Crippen LogP contribution in [0.4, 0.5) is 17.1 Å². The number of amides is 3. The quantitative estimate of drug-likeness (QED) is 0.232. The topological polar surface area (TPSA) is 148 Å². The molecule has 1 unspecified atom stereocenters. The molecule has 0 radical (unpaired) electrons. The van der Waals surface area contributed by atoms with E-state index in [0.717, 1.165) is 11.1 Å². The number of anilines is 2. The molecule has 5 rings (SSSR count). The van der Waals surface area contributed by atoms with Crippen molar-refractivity contribution in [2.75, 3.05) is 23.7 Å². The standard InChI is InChI=1S/C29H25N5O5/c30-28(36)20-15-25(35)33(17-20)14-4-5-18-8-10-21(11-9-18)31-27(19-6-2-1-3-7-19)26-23-16-22(34(38)39)12-13-24(23)32-29(26)37/h1-13,16,20,31H,14-15,17H2,(H2,30,36)(H,32,37). The van der Waals surface area contributed by atoms with Crippen molar-refractivity contribution in [3.63, 3.8) is 0 Å². The van der Waals surface area contributed by atoms with E-state index in [4.69, 9.17) is 5.73 Å². The molecule has 0 bridgehead atoms. The number of benzene rings is 3. The molecule has 2 heterocycles. The lowest BCUT2D eigenvalue weighted by atomic mass is 9.99. The molecule has 10 nitrogen and oxygen atoms in total. The van der Waals surface area contributed by atoms with Gasteiger partial charge >= 0.3 is 0 Å². The van der Waals surface area contributed by atoms with E-state index in [0.29, 0.717) is 41.3 Å². The van der Waals surface area contributed by atoms with E-state index in [9.17, 15) is 24.5 Å². The molecule has 4 N–H and O–H groups in total.